The van der Waals surface area contributed by atoms with Crippen LogP contribution >= 0.6 is 0 Å². The molecule has 0 unspecified atom stereocenters. The zero-order valence-electron chi connectivity index (χ0n) is 10.1. The van der Waals surface area contributed by atoms with Crippen molar-refractivity contribution in [1.29, 1.82) is 0 Å². The molecule has 0 aromatic heterocycles. The predicted molar refractivity (Wildman–Crippen MR) is 64.0 cm³/mol. The number of allylic oxidation sites excluding steroid dienone is 1. The Bertz CT molecular complexity index is 365. The largest absolute Gasteiger partial charge is 0.459 e. The maximum absolute atomic E-state index is 11.6. The van der Waals surface area contributed by atoms with Gasteiger partial charge in [0.2, 0.25) is 5.91 Å². The first-order valence-electron chi connectivity index (χ1n) is 5.69. The van der Waals surface area contributed by atoms with Crippen molar-refractivity contribution in [3.63, 3.8) is 0 Å². The first-order valence-corrected chi connectivity index (χ1v) is 5.69. The van der Waals surface area contributed by atoms with Gasteiger partial charge in [-0.15, -0.1) is 6.58 Å². The molecule has 0 bridgehead atoms. The second-order valence-electron chi connectivity index (χ2n) is 3.83. The van der Waals surface area contributed by atoms with Gasteiger partial charge in [-0.2, -0.15) is 0 Å². The third-order valence-corrected chi connectivity index (χ3v) is 2.66. The fourth-order valence-corrected chi connectivity index (χ4v) is 1.76. The van der Waals surface area contributed by atoms with Crippen LogP contribution in [0.2, 0.25) is 0 Å². The summed E-state index contributed by atoms with van der Waals surface area (Å²) in [5.74, 6) is 4.73. The molecule has 0 aromatic rings. The van der Waals surface area contributed by atoms with E-state index in [0.717, 1.165) is 12.8 Å². The highest BCUT2D eigenvalue weighted by molar-refractivity contribution is 5.88. The lowest BCUT2D eigenvalue weighted by atomic mass is 10.2. The average molecular weight is 235 g/mol. The van der Waals surface area contributed by atoms with E-state index < -0.39 is 5.97 Å². The molecule has 0 aliphatic carbocycles. The van der Waals surface area contributed by atoms with E-state index in [1.165, 1.54) is 7.11 Å². The summed E-state index contributed by atoms with van der Waals surface area (Å²) in [6.45, 7) is 4.31. The monoisotopic (exact) mass is 235 g/mol. The maximum Gasteiger partial charge on any atom is 0.384 e. The van der Waals surface area contributed by atoms with E-state index in [9.17, 15) is 9.59 Å². The van der Waals surface area contributed by atoms with Gasteiger partial charge in [-0.3, -0.25) is 4.79 Å². The molecule has 1 atom stereocenters. The van der Waals surface area contributed by atoms with Crippen LogP contribution in [0.15, 0.2) is 12.7 Å². The molecule has 1 fully saturated rings. The quantitative estimate of drug-likeness (QED) is 0.241. The van der Waals surface area contributed by atoms with Crippen LogP contribution in [-0.4, -0.2) is 36.5 Å². The Morgan fingerprint density at radius 3 is 3.12 bits per heavy atom. The number of hydrogen-bond acceptors (Lipinski definition) is 3. The number of nitrogens with zero attached hydrogens (tertiary/aromatic N) is 1. The van der Waals surface area contributed by atoms with Crippen LogP contribution in [0.1, 0.15) is 25.7 Å². The van der Waals surface area contributed by atoms with E-state index in [-0.39, 0.29) is 11.9 Å². The number of ether oxygens (including phenoxy) is 1. The first kappa shape index (κ1) is 13.3. The third-order valence-electron chi connectivity index (χ3n) is 2.66. The molecule has 1 aliphatic rings. The molecule has 0 saturated carbocycles. The van der Waals surface area contributed by atoms with Gasteiger partial charge in [0.1, 0.15) is 0 Å². The van der Waals surface area contributed by atoms with Crippen molar-refractivity contribution in [3.8, 4) is 11.8 Å². The zero-order valence-corrected chi connectivity index (χ0v) is 10.1. The Balaban J connectivity index is 2.57. The molecule has 0 radical (unpaired) electrons. The molecular weight excluding hydrogens is 218 g/mol. The van der Waals surface area contributed by atoms with Gasteiger partial charge in [0.15, 0.2) is 0 Å². The summed E-state index contributed by atoms with van der Waals surface area (Å²) >= 11 is 0. The van der Waals surface area contributed by atoms with Gasteiger partial charge in [-0.1, -0.05) is 12.0 Å². The molecule has 0 spiro atoms. The Labute approximate surface area is 102 Å². The average Bonchev–Trinajstić information content (AvgIpc) is 2.68. The highest BCUT2D eigenvalue weighted by Crippen LogP contribution is 2.18. The summed E-state index contributed by atoms with van der Waals surface area (Å²) in [4.78, 5) is 24.2. The summed E-state index contributed by atoms with van der Waals surface area (Å²) in [5, 5.41) is 0. The molecule has 1 amide bonds. The SMILES string of the molecule is C=CCCCN1C(=O)CC[C@H]1C#CC(=O)OC. The highest BCUT2D eigenvalue weighted by Gasteiger charge is 2.28. The van der Waals surface area contributed by atoms with Gasteiger partial charge in [0, 0.05) is 18.9 Å². The lowest BCUT2D eigenvalue weighted by Gasteiger charge is -2.20. The van der Waals surface area contributed by atoms with E-state index >= 15 is 0 Å². The van der Waals surface area contributed by atoms with Gasteiger partial charge in [-0.05, 0) is 19.3 Å². The number of methoxy groups -OCH3 is 1. The Morgan fingerprint density at radius 2 is 2.47 bits per heavy atom. The number of rotatable bonds is 4. The minimum absolute atomic E-state index is 0.109. The zero-order chi connectivity index (χ0) is 12.7. The van der Waals surface area contributed by atoms with Crippen molar-refractivity contribution in [2.24, 2.45) is 0 Å². The van der Waals surface area contributed by atoms with Crippen molar-refractivity contribution in [1.82, 2.24) is 4.90 Å². The van der Waals surface area contributed by atoms with Crippen molar-refractivity contribution >= 4 is 11.9 Å². The van der Waals surface area contributed by atoms with E-state index in [2.05, 4.69) is 23.2 Å². The second kappa shape index (κ2) is 6.74. The van der Waals surface area contributed by atoms with E-state index in [1.54, 1.807) is 4.90 Å². The van der Waals surface area contributed by atoms with Crippen molar-refractivity contribution in [3.05, 3.63) is 12.7 Å². The van der Waals surface area contributed by atoms with Crippen molar-refractivity contribution < 1.29 is 14.3 Å². The summed E-state index contributed by atoms with van der Waals surface area (Å²) in [6, 6.07) is -0.147. The number of carbonyl (C=O) groups is 2. The summed E-state index contributed by atoms with van der Waals surface area (Å²) in [5.41, 5.74) is 0. The molecule has 92 valence electrons. The lowest BCUT2D eigenvalue weighted by Crippen LogP contribution is -2.33. The van der Waals surface area contributed by atoms with Crippen LogP contribution in [-0.2, 0) is 14.3 Å². The van der Waals surface area contributed by atoms with Crippen LogP contribution in [0.5, 0.6) is 0 Å². The smallest absolute Gasteiger partial charge is 0.384 e. The van der Waals surface area contributed by atoms with Gasteiger partial charge < -0.3 is 9.64 Å². The van der Waals surface area contributed by atoms with Gasteiger partial charge in [0.25, 0.3) is 0 Å². The van der Waals surface area contributed by atoms with Crippen molar-refractivity contribution in [2.45, 2.75) is 31.7 Å². The van der Waals surface area contributed by atoms with Gasteiger partial charge in [0.05, 0.1) is 13.2 Å². The maximum atomic E-state index is 11.6. The fraction of sp³-hybridized carbons (Fsp3) is 0.538. The molecule has 4 heteroatoms. The number of likely N-dealkylation sites (tertiary alicyclic amines) is 1. The minimum atomic E-state index is -0.560. The minimum Gasteiger partial charge on any atom is -0.459 e. The molecule has 4 nitrogen and oxygen atoms in total. The number of hydrogen-bond donors (Lipinski definition) is 0. The molecule has 1 rings (SSSR count). The highest BCUT2D eigenvalue weighted by atomic mass is 16.5. The third kappa shape index (κ3) is 3.95. The molecular formula is C13H17NO3. The van der Waals surface area contributed by atoms with Gasteiger partial charge in [-0.25, -0.2) is 4.79 Å². The Hall–Kier alpha value is -1.76. The molecule has 1 heterocycles. The number of amides is 1. The molecule has 17 heavy (non-hydrogen) atoms. The summed E-state index contributed by atoms with van der Waals surface area (Å²) < 4.78 is 4.44. The molecule has 1 aliphatic heterocycles. The summed E-state index contributed by atoms with van der Waals surface area (Å²) in [6.07, 6.45) is 4.79. The standard InChI is InChI=1S/C13H17NO3/c1-3-4-5-10-14-11(6-8-12(14)15)7-9-13(16)17-2/h3,11H,1,4-6,8,10H2,2H3/t11-/m0/s1. The van der Waals surface area contributed by atoms with Gasteiger partial charge >= 0.3 is 5.97 Å². The Morgan fingerprint density at radius 1 is 1.71 bits per heavy atom. The predicted octanol–water partition coefficient (Wildman–Crippen LogP) is 1.12. The Kier molecular flexibility index (Phi) is 5.28. The topological polar surface area (TPSA) is 46.6 Å². The number of carbonyl (C=O) groups excluding carboxylic acids is 2. The fourth-order valence-electron chi connectivity index (χ4n) is 1.76. The van der Waals surface area contributed by atoms with Crippen LogP contribution in [0.3, 0.4) is 0 Å². The van der Waals surface area contributed by atoms with E-state index in [1.807, 2.05) is 6.08 Å². The second-order valence-corrected chi connectivity index (χ2v) is 3.83. The number of esters is 1. The number of unbranched alkanes of at least 4 members (excludes halogenated alkanes) is 1. The summed E-state index contributed by atoms with van der Waals surface area (Å²) in [7, 11) is 1.29. The van der Waals surface area contributed by atoms with Crippen LogP contribution < -0.4 is 0 Å². The normalized spacial score (nSPS) is 18.5. The first-order chi connectivity index (χ1) is 8.19. The molecule has 0 N–H and O–H groups in total. The molecule has 1 saturated heterocycles. The molecule has 0 aromatic carbocycles. The van der Waals surface area contributed by atoms with Crippen LogP contribution in [0.4, 0.5) is 0 Å². The van der Waals surface area contributed by atoms with E-state index in [4.69, 9.17) is 0 Å². The van der Waals surface area contributed by atoms with Crippen molar-refractivity contribution in [2.75, 3.05) is 13.7 Å². The van der Waals surface area contributed by atoms with Crippen LogP contribution in [0.25, 0.3) is 0 Å². The lowest BCUT2D eigenvalue weighted by molar-refractivity contribution is -0.134. The van der Waals surface area contributed by atoms with E-state index in [0.29, 0.717) is 19.4 Å². The van der Waals surface area contributed by atoms with Crippen LogP contribution in [0, 0.1) is 11.8 Å².